The second-order valence-corrected chi connectivity index (χ2v) is 9.06. The first-order chi connectivity index (χ1) is 16.2. The molecule has 0 saturated carbocycles. The number of para-hydroxylation sites is 1. The molecule has 0 N–H and O–H groups in total. The second-order valence-electron chi connectivity index (χ2n) is 9.06. The number of hydrogen-bond acceptors (Lipinski definition) is 2. The zero-order valence-corrected chi connectivity index (χ0v) is 18.3. The topological polar surface area (TPSA) is 26.8 Å². The second kappa shape index (κ2) is 5.76. The maximum absolute atomic E-state index is 6.24. The molecular formula is C30H19NO2. The maximum Gasteiger partial charge on any atom is 0.136 e. The van der Waals surface area contributed by atoms with Gasteiger partial charge >= 0.3 is 0 Å². The summed E-state index contributed by atoms with van der Waals surface area (Å²) in [6.07, 6.45) is 0. The van der Waals surface area contributed by atoms with Gasteiger partial charge in [0, 0.05) is 26.9 Å². The first-order valence-corrected chi connectivity index (χ1v) is 11.2. The lowest BCUT2D eigenvalue weighted by molar-refractivity contribution is 0.420. The van der Waals surface area contributed by atoms with E-state index in [-0.39, 0.29) is 0 Å². The van der Waals surface area contributed by atoms with E-state index in [1.54, 1.807) is 7.11 Å². The van der Waals surface area contributed by atoms with Gasteiger partial charge in [-0.25, -0.2) is 0 Å². The zero-order chi connectivity index (χ0) is 21.8. The Kier molecular flexibility index (Phi) is 3.02. The average molecular weight is 425 g/mol. The van der Waals surface area contributed by atoms with Crippen molar-refractivity contribution in [1.29, 1.82) is 0 Å². The first kappa shape index (κ1) is 17.3. The largest absolute Gasteiger partial charge is 0.496 e. The van der Waals surface area contributed by atoms with Crippen molar-refractivity contribution in [3.63, 3.8) is 0 Å². The Morgan fingerprint density at radius 3 is 2.36 bits per heavy atom. The molecule has 0 atom stereocenters. The van der Waals surface area contributed by atoms with Crippen LogP contribution in [0.3, 0.4) is 0 Å². The number of rotatable bonds is 1. The molecule has 0 unspecified atom stereocenters. The fourth-order valence-corrected chi connectivity index (χ4v) is 5.77. The van der Waals surface area contributed by atoms with E-state index in [4.69, 9.17) is 9.15 Å². The van der Waals surface area contributed by atoms with Crippen LogP contribution in [0.5, 0.6) is 5.75 Å². The fraction of sp³-hybridized carbons (Fsp3) is 0.0667. The van der Waals surface area contributed by atoms with Gasteiger partial charge in [-0.1, -0.05) is 30.3 Å². The third-order valence-corrected chi connectivity index (χ3v) is 7.23. The molecule has 3 nitrogen and oxygen atoms in total. The van der Waals surface area contributed by atoms with Gasteiger partial charge < -0.3 is 13.6 Å². The summed E-state index contributed by atoms with van der Waals surface area (Å²) in [5.41, 5.74) is 6.73. The highest BCUT2D eigenvalue weighted by Gasteiger charge is 2.20. The number of fused-ring (bicyclic) bond motifs is 10. The minimum absolute atomic E-state index is 0.917. The van der Waals surface area contributed by atoms with Gasteiger partial charge in [-0.15, -0.1) is 0 Å². The molecule has 0 bridgehead atoms. The molecule has 3 heterocycles. The molecule has 0 fully saturated rings. The van der Waals surface area contributed by atoms with Crippen molar-refractivity contribution in [3.8, 4) is 5.75 Å². The molecule has 5 aromatic carbocycles. The number of furan rings is 1. The van der Waals surface area contributed by atoms with E-state index < -0.39 is 0 Å². The van der Waals surface area contributed by atoms with Crippen LogP contribution in [0.2, 0.25) is 0 Å². The Hall–Kier alpha value is -4.24. The van der Waals surface area contributed by atoms with Gasteiger partial charge in [0.15, 0.2) is 0 Å². The molecule has 3 heteroatoms. The predicted molar refractivity (Wildman–Crippen MR) is 137 cm³/mol. The highest BCUT2D eigenvalue weighted by Crippen LogP contribution is 2.44. The number of nitrogens with zero attached hydrogens (tertiary/aromatic N) is 1. The molecule has 0 amide bonds. The highest BCUT2D eigenvalue weighted by molar-refractivity contribution is 6.26. The van der Waals surface area contributed by atoms with Crippen LogP contribution in [0, 0.1) is 6.92 Å². The van der Waals surface area contributed by atoms with Crippen molar-refractivity contribution >= 4 is 70.8 Å². The third kappa shape index (κ3) is 2.05. The fourth-order valence-electron chi connectivity index (χ4n) is 5.77. The normalized spacial score (nSPS) is 12.5. The highest BCUT2D eigenvalue weighted by atomic mass is 16.5. The van der Waals surface area contributed by atoms with Gasteiger partial charge in [0.05, 0.1) is 29.0 Å². The van der Waals surface area contributed by atoms with Crippen LogP contribution < -0.4 is 4.74 Å². The number of aromatic nitrogens is 1. The van der Waals surface area contributed by atoms with E-state index in [0.717, 1.165) is 16.9 Å². The number of ether oxygens (including phenoxy) is 1. The van der Waals surface area contributed by atoms with E-state index in [1.807, 2.05) is 0 Å². The maximum atomic E-state index is 6.24. The summed E-state index contributed by atoms with van der Waals surface area (Å²) in [6.45, 7) is 2.10. The lowest BCUT2D eigenvalue weighted by Crippen LogP contribution is -1.83. The molecule has 8 rings (SSSR count). The number of aryl methyl sites for hydroxylation is 1. The lowest BCUT2D eigenvalue weighted by atomic mass is 10.0. The third-order valence-electron chi connectivity index (χ3n) is 7.23. The standard InChI is InChI=1S/C30H19NO2/c1-16-7-8-19-23-13-17-12-22-20-9-10-26(32-2)29-21-5-3-4-6-24(21)31(30(20)29)25(22)14-18(17)15-28(23)33-27(19)11-16/h3-15H,1-2H3. The minimum atomic E-state index is 0.917. The van der Waals surface area contributed by atoms with Crippen molar-refractivity contribution < 1.29 is 9.15 Å². The molecule has 3 aromatic heterocycles. The number of methoxy groups -OCH3 is 1. The quantitative estimate of drug-likeness (QED) is 0.265. The summed E-state index contributed by atoms with van der Waals surface area (Å²) >= 11 is 0. The van der Waals surface area contributed by atoms with Crippen LogP contribution in [0.1, 0.15) is 5.56 Å². The Morgan fingerprint density at radius 2 is 1.45 bits per heavy atom. The lowest BCUT2D eigenvalue weighted by Gasteiger charge is -2.04. The van der Waals surface area contributed by atoms with Crippen molar-refractivity contribution in [1.82, 2.24) is 4.40 Å². The van der Waals surface area contributed by atoms with Gasteiger partial charge in [0.1, 0.15) is 16.9 Å². The van der Waals surface area contributed by atoms with E-state index >= 15 is 0 Å². The molecular weight excluding hydrogens is 406 g/mol. The van der Waals surface area contributed by atoms with Crippen LogP contribution in [0.15, 0.2) is 83.3 Å². The summed E-state index contributed by atoms with van der Waals surface area (Å²) in [6, 6.07) is 28.4. The van der Waals surface area contributed by atoms with Crippen LogP contribution in [-0.2, 0) is 0 Å². The molecule has 0 spiro atoms. The molecule has 0 aliphatic rings. The van der Waals surface area contributed by atoms with Crippen LogP contribution >= 0.6 is 0 Å². The van der Waals surface area contributed by atoms with Crippen molar-refractivity contribution in [2.24, 2.45) is 0 Å². The van der Waals surface area contributed by atoms with Crippen molar-refractivity contribution in [2.75, 3.05) is 7.11 Å². The SMILES string of the molecule is COc1ccc2c3cc4cc5c(cc4cc3n3c4ccccc4c1c23)oc1cc(C)ccc15. The minimum Gasteiger partial charge on any atom is -0.496 e. The van der Waals surface area contributed by atoms with Gasteiger partial charge in [-0.05, 0) is 71.8 Å². The van der Waals surface area contributed by atoms with Crippen LogP contribution in [0.25, 0.3) is 70.8 Å². The molecule has 33 heavy (non-hydrogen) atoms. The van der Waals surface area contributed by atoms with Gasteiger partial charge in [-0.2, -0.15) is 0 Å². The molecule has 0 radical (unpaired) electrons. The molecule has 0 saturated heterocycles. The van der Waals surface area contributed by atoms with E-state index in [1.165, 1.54) is 65.2 Å². The first-order valence-electron chi connectivity index (χ1n) is 11.2. The van der Waals surface area contributed by atoms with Crippen LogP contribution in [-0.4, -0.2) is 11.5 Å². The summed E-state index contributed by atoms with van der Waals surface area (Å²) in [4.78, 5) is 0. The van der Waals surface area contributed by atoms with E-state index in [2.05, 4.69) is 90.2 Å². The number of hydrogen-bond donors (Lipinski definition) is 0. The van der Waals surface area contributed by atoms with Gasteiger partial charge in [-0.3, -0.25) is 0 Å². The van der Waals surface area contributed by atoms with E-state index in [9.17, 15) is 0 Å². The molecule has 8 aromatic rings. The van der Waals surface area contributed by atoms with Gasteiger partial charge in [0.25, 0.3) is 0 Å². The summed E-state index contributed by atoms with van der Waals surface area (Å²) in [7, 11) is 1.75. The molecule has 156 valence electrons. The van der Waals surface area contributed by atoms with Gasteiger partial charge in [0.2, 0.25) is 0 Å². The Labute approximate surface area is 188 Å². The average Bonchev–Trinajstić information content (AvgIpc) is 3.46. The zero-order valence-electron chi connectivity index (χ0n) is 18.3. The summed E-state index contributed by atoms with van der Waals surface area (Å²) in [5, 5.41) is 9.67. The van der Waals surface area contributed by atoms with E-state index in [0.29, 0.717) is 0 Å². The Bertz CT molecular complexity index is 2070. The van der Waals surface area contributed by atoms with Crippen LogP contribution in [0.4, 0.5) is 0 Å². The Morgan fingerprint density at radius 1 is 0.667 bits per heavy atom. The monoisotopic (exact) mass is 425 g/mol. The summed E-state index contributed by atoms with van der Waals surface area (Å²) < 4.78 is 14.4. The number of benzene rings is 5. The Balaban J connectivity index is 1.58. The van der Waals surface area contributed by atoms with Crippen molar-refractivity contribution in [2.45, 2.75) is 6.92 Å². The molecule has 0 aliphatic carbocycles. The predicted octanol–water partition coefficient (Wildman–Crippen LogP) is 8.21. The smallest absolute Gasteiger partial charge is 0.136 e. The van der Waals surface area contributed by atoms with Crippen molar-refractivity contribution in [3.05, 3.63) is 84.4 Å². The summed E-state index contributed by atoms with van der Waals surface area (Å²) in [5.74, 6) is 0.917. The molecule has 0 aliphatic heterocycles.